The minimum Gasteiger partial charge on any atom is -0.506 e. The van der Waals surface area contributed by atoms with E-state index in [0.29, 0.717) is 4.21 Å². The zero-order chi connectivity index (χ0) is 5.28. The lowest BCUT2D eigenvalue weighted by atomic mass is 10.6. The van der Waals surface area contributed by atoms with Crippen molar-refractivity contribution in [3.63, 3.8) is 0 Å². The average Bonchev–Trinajstić information content (AvgIpc) is 1.91. The number of rotatable bonds is 0. The molecule has 38 valence electrons. The van der Waals surface area contributed by atoms with Crippen LogP contribution in [0.4, 0.5) is 0 Å². The van der Waals surface area contributed by atoms with Gasteiger partial charge in [-0.05, 0) is 11.4 Å². The summed E-state index contributed by atoms with van der Waals surface area (Å²) in [7, 11) is 0. The first-order valence-electron chi connectivity index (χ1n) is 1.76. The van der Waals surface area contributed by atoms with Crippen LogP contribution in [0.5, 0.6) is 5.75 Å². The largest absolute Gasteiger partial charge is 0.506 e. The van der Waals surface area contributed by atoms with E-state index in [1.54, 1.807) is 11.4 Å². The second-order valence-electron chi connectivity index (χ2n) is 1.11. The van der Waals surface area contributed by atoms with Gasteiger partial charge in [-0.2, -0.15) is 0 Å². The van der Waals surface area contributed by atoms with Crippen LogP contribution < -0.4 is 0 Å². The molecule has 1 rings (SSSR count). The number of aromatic hydroxyl groups is 1. The average molecular weight is 132 g/mol. The number of hydrogen-bond donors (Lipinski definition) is 2. The van der Waals surface area contributed by atoms with E-state index in [-0.39, 0.29) is 5.75 Å². The topological polar surface area (TPSA) is 20.2 Å². The van der Waals surface area contributed by atoms with E-state index in [0.717, 1.165) is 0 Å². The van der Waals surface area contributed by atoms with Crippen LogP contribution in [0, 0.1) is 0 Å². The summed E-state index contributed by atoms with van der Waals surface area (Å²) in [5.74, 6) is 0.272. The molecule has 1 heterocycles. The van der Waals surface area contributed by atoms with Gasteiger partial charge in [-0.3, -0.25) is 0 Å². The predicted octanol–water partition coefficient (Wildman–Crippen LogP) is 1.74. The van der Waals surface area contributed by atoms with Crippen molar-refractivity contribution in [1.82, 2.24) is 0 Å². The van der Waals surface area contributed by atoms with Crippen molar-refractivity contribution in [2.75, 3.05) is 0 Å². The molecule has 0 atom stereocenters. The van der Waals surface area contributed by atoms with Gasteiger partial charge in [0.15, 0.2) is 0 Å². The fraction of sp³-hybridized carbons (Fsp3) is 0. The molecule has 1 aromatic heterocycles. The van der Waals surface area contributed by atoms with Crippen molar-refractivity contribution in [3.8, 4) is 5.75 Å². The SMILES string of the molecule is Oc1ccsc1S. The first-order chi connectivity index (χ1) is 3.30. The van der Waals surface area contributed by atoms with Crippen molar-refractivity contribution in [1.29, 1.82) is 0 Å². The highest BCUT2D eigenvalue weighted by atomic mass is 32.2. The van der Waals surface area contributed by atoms with Gasteiger partial charge in [0, 0.05) is 0 Å². The van der Waals surface area contributed by atoms with Crippen LogP contribution in [0.1, 0.15) is 0 Å². The summed E-state index contributed by atoms with van der Waals surface area (Å²) in [5, 5.41) is 10.5. The molecule has 0 aliphatic carbocycles. The third kappa shape index (κ3) is 0.894. The lowest BCUT2D eigenvalue weighted by Gasteiger charge is -1.78. The Morgan fingerprint density at radius 3 is 2.57 bits per heavy atom. The molecule has 0 bridgehead atoms. The molecular formula is C4H4OS2. The fourth-order valence-electron chi connectivity index (χ4n) is 0.295. The molecule has 0 fully saturated rings. The lowest BCUT2D eigenvalue weighted by molar-refractivity contribution is 0.467. The van der Waals surface area contributed by atoms with Crippen LogP contribution in [-0.2, 0) is 0 Å². The molecule has 0 radical (unpaired) electrons. The van der Waals surface area contributed by atoms with Crippen molar-refractivity contribution < 1.29 is 5.11 Å². The Morgan fingerprint density at radius 1 is 1.71 bits per heavy atom. The second kappa shape index (κ2) is 1.76. The van der Waals surface area contributed by atoms with Gasteiger partial charge < -0.3 is 5.11 Å². The first-order valence-corrected chi connectivity index (χ1v) is 3.09. The molecule has 7 heavy (non-hydrogen) atoms. The minimum absolute atomic E-state index is 0.272. The number of hydrogen-bond acceptors (Lipinski definition) is 3. The van der Waals surface area contributed by atoms with Crippen LogP contribution in [0.3, 0.4) is 0 Å². The zero-order valence-corrected chi connectivity index (χ0v) is 5.17. The number of thiol groups is 1. The molecule has 1 aromatic rings. The maximum atomic E-state index is 8.69. The Hall–Kier alpha value is -0.150. The van der Waals surface area contributed by atoms with E-state index in [1.165, 1.54) is 11.3 Å². The van der Waals surface area contributed by atoms with E-state index in [1.807, 2.05) is 0 Å². The van der Waals surface area contributed by atoms with E-state index >= 15 is 0 Å². The van der Waals surface area contributed by atoms with Gasteiger partial charge >= 0.3 is 0 Å². The minimum atomic E-state index is 0.272. The summed E-state index contributed by atoms with van der Waals surface area (Å²) in [6.07, 6.45) is 0. The van der Waals surface area contributed by atoms with Crippen LogP contribution in [0.15, 0.2) is 15.7 Å². The van der Waals surface area contributed by atoms with Gasteiger partial charge in [0.25, 0.3) is 0 Å². The molecule has 1 N–H and O–H groups in total. The normalized spacial score (nSPS) is 9.29. The van der Waals surface area contributed by atoms with Crippen LogP contribution in [0.2, 0.25) is 0 Å². The molecule has 0 aromatic carbocycles. The Labute approximate surface area is 51.0 Å². The van der Waals surface area contributed by atoms with Crippen LogP contribution >= 0.6 is 24.0 Å². The molecule has 0 aliphatic heterocycles. The van der Waals surface area contributed by atoms with Crippen molar-refractivity contribution >= 4 is 24.0 Å². The maximum Gasteiger partial charge on any atom is 0.139 e. The van der Waals surface area contributed by atoms with Crippen LogP contribution in [0.25, 0.3) is 0 Å². The van der Waals surface area contributed by atoms with Crippen LogP contribution in [-0.4, -0.2) is 5.11 Å². The van der Waals surface area contributed by atoms with Gasteiger partial charge in [0.05, 0.1) is 4.21 Å². The maximum absolute atomic E-state index is 8.69. The Balaban J connectivity index is 3.12. The quantitative estimate of drug-likeness (QED) is 0.515. The Kier molecular flexibility index (Phi) is 1.25. The monoisotopic (exact) mass is 132 g/mol. The first kappa shape index (κ1) is 5.00. The zero-order valence-electron chi connectivity index (χ0n) is 3.46. The molecule has 0 spiro atoms. The lowest BCUT2D eigenvalue weighted by Crippen LogP contribution is -1.48. The molecule has 0 amide bonds. The summed E-state index contributed by atoms with van der Waals surface area (Å²) in [6.45, 7) is 0. The number of thiophene rings is 1. The Bertz CT molecular complexity index is 142. The highest BCUT2D eigenvalue weighted by molar-refractivity contribution is 7.83. The standard InChI is InChI=1S/C4H4OS2/c5-3-1-2-7-4(3)6/h1-2,5-6H. The predicted molar refractivity (Wildman–Crippen MR) is 33.2 cm³/mol. The molecule has 3 heteroatoms. The van der Waals surface area contributed by atoms with Crippen molar-refractivity contribution in [3.05, 3.63) is 11.4 Å². The Morgan fingerprint density at radius 2 is 2.43 bits per heavy atom. The molecule has 0 saturated carbocycles. The molecule has 0 saturated heterocycles. The van der Waals surface area contributed by atoms with Gasteiger partial charge in [-0.25, -0.2) is 0 Å². The molecule has 0 unspecified atom stereocenters. The molecule has 0 aliphatic rings. The summed E-state index contributed by atoms with van der Waals surface area (Å²) in [6, 6.07) is 1.62. The van der Waals surface area contributed by atoms with Gasteiger partial charge in [-0.15, -0.1) is 24.0 Å². The third-order valence-corrected chi connectivity index (χ3v) is 1.87. The van der Waals surface area contributed by atoms with E-state index in [2.05, 4.69) is 12.6 Å². The summed E-state index contributed by atoms with van der Waals surface area (Å²) < 4.78 is 0.681. The summed E-state index contributed by atoms with van der Waals surface area (Å²) in [5.41, 5.74) is 0. The molecular weight excluding hydrogens is 128 g/mol. The van der Waals surface area contributed by atoms with Crippen molar-refractivity contribution in [2.45, 2.75) is 4.21 Å². The highest BCUT2D eigenvalue weighted by Gasteiger charge is 1.91. The van der Waals surface area contributed by atoms with Gasteiger partial charge in [-0.1, -0.05) is 0 Å². The summed E-state index contributed by atoms with van der Waals surface area (Å²) in [4.78, 5) is 0. The molecule has 1 nitrogen and oxygen atoms in total. The fourth-order valence-corrected chi connectivity index (χ4v) is 1.07. The van der Waals surface area contributed by atoms with E-state index in [4.69, 9.17) is 5.11 Å². The third-order valence-electron chi connectivity index (χ3n) is 0.625. The second-order valence-corrected chi connectivity index (χ2v) is 2.78. The van der Waals surface area contributed by atoms with E-state index < -0.39 is 0 Å². The highest BCUT2D eigenvalue weighted by Crippen LogP contribution is 2.25. The van der Waals surface area contributed by atoms with E-state index in [9.17, 15) is 0 Å². The van der Waals surface area contributed by atoms with Gasteiger partial charge in [0.2, 0.25) is 0 Å². The van der Waals surface area contributed by atoms with Crippen molar-refractivity contribution in [2.24, 2.45) is 0 Å². The van der Waals surface area contributed by atoms with Gasteiger partial charge in [0.1, 0.15) is 5.75 Å². The smallest absolute Gasteiger partial charge is 0.139 e. The summed E-state index contributed by atoms with van der Waals surface area (Å²) >= 11 is 5.34.